The molecule has 1 aromatic carbocycles. The molecule has 2 aliphatic rings. The second kappa shape index (κ2) is 4.52. The maximum Gasteiger partial charge on any atom is 0.407 e. The Hall–Kier alpha value is -1.56. The van der Waals surface area contributed by atoms with Gasteiger partial charge in [0.1, 0.15) is 24.6 Å². The number of cyclic esters (lactones) is 1. The Balaban J connectivity index is 2.14. The van der Waals surface area contributed by atoms with E-state index in [0.29, 0.717) is 5.56 Å². The predicted octanol–water partition coefficient (Wildman–Crippen LogP) is 2.68. The number of amides is 1. The van der Waals surface area contributed by atoms with Crippen LogP contribution < -0.4 is 5.32 Å². The molecule has 0 spiro atoms. The average molecular weight is 328 g/mol. The first-order chi connectivity index (χ1) is 9.12. The van der Waals surface area contributed by atoms with Gasteiger partial charge in [0.2, 0.25) is 0 Å². The number of ether oxygens (including phenoxy) is 2. The summed E-state index contributed by atoms with van der Waals surface area (Å²) >= 11 is 3.32. The predicted molar refractivity (Wildman–Crippen MR) is 68.8 cm³/mol. The Labute approximate surface area is 117 Å². The Morgan fingerprint density at radius 3 is 3.16 bits per heavy atom. The second-order valence-electron chi connectivity index (χ2n) is 4.57. The molecule has 1 saturated heterocycles. The lowest BCUT2D eigenvalue weighted by atomic mass is 9.77. The summed E-state index contributed by atoms with van der Waals surface area (Å²) in [7, 11) is 0. The van der Waals surface area contributed by atoms with Crippen LogP contribution in [-0.4, -0.2) is 19.3 Å². The molecule has 1 fully saturated rings. The molecule has 0 saturated carbocycles. The van der Waals surface area contributed by atoms with Crippen LogP contribution in [0.4, 0.5) is 9.18 Å². The van der Waals surface area contributed by atoms with Crippen molar-refractivity contribution in [2.24, 2.45) is 5.92 Å². The van der Waals surface area contributed by atoms with E-state index in [1.54, 1.807) is 24.5 Å². The van der Waals surface area contributed by atoms with Crippen molar-refractivity contribution in [3.63, 3.8) is 0 Å². The molecule has 0 bridgehead atoms. The summed E-state index contributed by atoms with van der Waals surface area (Å²) < 4.78 is 25.2. The summed E-state index contributed by atoms with van der Waals surface area (Å²) in [6.07, 6.45) is 2.78. The first-order valence-corrected chi connectivity index (χ1v) is 6.60. The number of nitrogens with one attached hydrogen (secondary N) is 1. The molecule has 0 unspecified atom stereocenters. The van der Waals surface area contributed by atoms with Crippen LogP contribution in [0.3, 0.4) is 0 Å². The zero-order valence-corrected chi connectivity index (χ0v) is 11.4. The lowest BCUT2D eigenvalue weighted by Crippen LogP contribution is -2.60. The fraction of sp³-hybridized carbons (Fsp3) is 0.308. The van der Waals surface area contributed by atoms with E-state index in [1.165, 1.54) is 6.07 Å². The Morgan fingerprint density at radius 2 is 2.32 bits per heavy atom. The highest BCUT2D eigenvalue weighted by Crippen LogP contribution is 2.39. The average Bonchev–Trinajstić information content (AvgIpc) is 2.41. The molecule has 1 amide bonds. The van der Waals surface area contributed by atoms with Crippen molar-refractivity contribution < 1.29 is 18.7 Å². The maximum absolute atomic E-state index is 14.2. The van der Waals surface area contributed by atoms with E-state index in [2.05, 4.69) is 21.2 Å². The molecule has 100 valence electrons. The SMILES string of the molecule is O=C1N[C@@]2(c3cc(Br)ccc3F)COC=C[C@H]2CO1. The third-order valence-electron chi connectivity index (χ3n) is 3.48. The molecule has 2 aliphatic heterocycles. The lowest BCUT2D eigenvalue weighted by molar-refractivity contribution is 0.00743. The van der Waals surface area contributed by atoms with Gasteiger partial charge in [0.15, 0.2) is 0 Å². The minimum Gasteiger partial charge on any atom is -0.499 e. The van der Waals surface area contributed by atoms with Gasteiger partial charge in [-0.3, -0.25) is 0 Å². The largest absolute Gasteiger partial charge is 0.499 e. The number of benzene rings is 1. The van der Waals surface area contributed by atoms with Crippen LogP contribution in [0.1, 0.15) is 5.56 Å². The van der Waals surface area contributed by atoms with Crippen LogP contribution in [0.15, 0.2) is 35.0 Å². The fourth-order valence-electron chi connectivity index (χ4n) is 2.50. The Bertz CT molecular complexity index is 563. The summed E-state index contributed by atoms with van der Waals surface area (Å²) in [6, 6.07) is 4.65. The van der Waals surface area contributed by atoms with Crippen LogP contribution in [0, 0.1) is 11.7 Å². The number of fused-ring (bicyclic) bond motifs is 1. The van der Waals surface area contributed by atoms with E-state index in [-0.39, 0.29) is 24.9 Å². The smallest absolute Gasteiger partial charge is 0.407 e. The van der Waals surface area contributed by atoms with Crippen molar-refractivity contribution in [3.05, 3.63) is 46.4 Å². The van der Waals surface area contributed by atoms with Gasteiger partial charge in [0.25, 0.3) is 0 Å². The molecule has 4 nitrogen and oxygen atoms in total. The van der Waals surface area contributed by atoms with Crippen molar-refractivity contribution in [3.8, 4) is 0 Å². The zero-order valence-electron chi connectivity index (χ0n) is 9.86. The van der Waals surface area contributed by atoms with Crippen LogP contribution in [0.25, 0.3) is 0 Å². The van der Waals surface area contributed by atoms with Gasteiger partial charge in [-0.1, -0.05) is 15.9 Å². The van der Waals surface area contributed by atoms with Crippen molar-refractivity contribution in [1.82, 2.24) is 5.32 Å². The third-order valence-corrected chi connectivity index (χ3v) is 3.97. The molecule has 1 N–H and O–H groups in total. The van der Waals surface area contributed by atoms with E-state index in [1.807, 2.05) is 0 Å². The van der Waals surface area contributed by atoms with Crippen LogP contribution >= 0.6 is 15.9 Å². The zero-order chi connectivity index (χ0) is 13.5. The quantitative estimate of drug-likeness (QED) is 0.862. The number of hydrogen-bond donors (Lipinski definition) is 1. The minimum atomic E-state index is -0.919. The van der Waals surface area contributed by atoms with Crippen LogP contribution in [0.5, 0.6) is 0 Å². The van der Waals surface area contributed by atoms with Crippen molar-refractivity contribution in [2.45, 2.75) is 5.54 Å². The van der Waals surface area contributed by atoms with E-state index in [4.69, 9.17) is 9.47 Å². The highest BCUT2D eigenvalue weighted by Gasteiger charge is 2.48. The minimum absolute atomic E-state index is 0.164. The summed E-state index contributed by atoms with van der Waals surface area (Å²) in [5.41, 5.74) is -0.523. The molecule has 3 rings (SSSR count). The molecule has 19 heavy (non-hydrogen) atoms. The Kier molecular flexibility index (Phi) is 2.97. The van der Waals surface area contributed by atoms with Gasteiger partial charge in [0, 0.05) is 16.0 Å². The molecule has 6 heteroatoms. The first-order valence-electron chi connectivity index (χ1n) is 5.80. The van der Waals surface area contributed by atoms with Crippen LogP contribution in [0.2, 0.25) is 0 Å². The van der Waals surface area contributed by atoms with Gasteiger partial charge >= 0.3 is 6.09 Å². The molecule has 2 heterocycles. The van der Waals surface area contributed by atoms with Gasteiger partial charge in [-0.15, -0.1) is 0 Å². The lowest BCUT2D eigenvalue weighted by Gasteiger charge is -2.44. The molecule has 0 aromatic heterocycles. The van der Waals surface area contributed by atoms with Crippen molar-refractivity contribution >= 4 is 22.0 Å². The van der Waals surface area contributed by atoms with E-state index in [0.717, 1.165) is 4.47 Å². The van der Waals surface area contributed by atoms with Crippen molar-refractivity contribution in [1.29, 1.82) is 0 Å². The number of hydrogen-bond acceptors (Lipinski definition) is 3. The fourth-order valence-corrected chi connectivity index (χ4v) is 2.86. The van der Waals surface area contributed by atoms with E-state index in [9.17, 15) is 9.18 Å². The Morgan fingerprint density at radius 1 is 1.47 bits per heavy atom. The van der Waals surface area contributed by atoms with E-state index < -0.39 is 11.6 Å². The van der Waals surface area contributed by atoms with Gasteiger partial charge in [-0.25, -0.2) is 9.18 Å². The highest BCUT2D eigenvalue weighted by molar-refractivity contribution is 9.10. The van der Waals surface area contributed by atoms with Crippen molar-refractivity contribution in [2.75, 3.05) is 13.2 Å². The van der Waals surface area contributed by atoms with Crippen LogP contribution in [-0.2, 0) is 15.0 Å². The number of rotatable bonds is 1. The molecule has 0 aliphatic carbocycles. The monoisotopic (exact) mass is 327 g/mol. The number of carbonyl (C=O) groups excluding carboxylic acids is 1. The maximum atomic E-state index is 14.2. The van der Waals surface area contributed by atoms with Gasteiger partial charge < -0.3 is 14.8 Å². The molecule has 2 atom stereocenters. The van der Waals surface area contributed by atoms with Gasteiger partial charge in [-0.05, 0) is 24.3 Å². The molecule has 0 radical (unpaired) electrons. The number of carbonyl (C=O) groups is 1. The summed E-state index contributed by atoms with van der Waals surface area (Å²) in [4.78, 5) is 11.5. The summed E-state index contributed by atoms with van der Waals surface area (Å²) in [5.74, 6) is -0.544. The summed E-state index contributed by atoms with van der Waals surface area (Å²) in [6.45, 7) is 0.383. The normalized spacial score (nSPS) is 28.9. The topological polar surface area (TPSA) is 47.6 Å². The standard InChI is InChI=1S/C13H11BrFNO3/c14-9-1-2-11(15)10(5-9)13-7-18-4-3-8(13)6-19-12(17)16-13/h1-5,8H,6-7H2,(H,16,17)/t8-,13-/m0/s1. The van der Waals surface area contributed by atoms with Gasteiger partial charge in [0.05, 0.1) is 6.26 Å². The highest BCUT2D eigenvalue weighted by atomic mass is 79.9. The number of halogens is 2. The third kappa shape index (κ3) is 2.00. The summed E-state index contributed by atoms with van der Waals surface area (Å²) in [5, 5.41) is 2.72. The van der Waals surface area contributed by atoms with Gasteiger partial charge in [-0.2, -0.15) is 0 Å². The molecular weight excluding hydrogens is 317 g/mol. The first kappa shape index (κ1) is 12.5. The second-order valence-corrected chi connectivity index (χ2v) is 5.48. The van der Waals surface area contributed by atoms with E-state index >= 15 is 0 Å². The molecular formula is C13H11BrFNO3. The molecule has 1 aromatic rings. The number of alkyl carbamates (subject to hydrolysis) is 1.